The summed E-state index contributed by atoms with van der Waals surface area (Å²) in [6, 6.07) is 9.40. The highest BCUT2D eigenvalue weighted by atomic mass is 28.4. The van der Waals surface area contributed by atoms with Gasteiger partial charge in [-0.25, -0.2) is 13.9 Å². The van der Waals surface area contributed by atoms with E-state index in [9.17, 15) is 18.8 Å². The lowest BCUT2D eigenvalue weighted by Crippen LogP contribution is -2.50. The molecule has 3 heterocycles. The molecule has 2 aromatic heterocycles. The van der Waals surface area contributed by atoms with E-state index in [1.807, 2.05) is 0 Å². The highest BCUT2D eigenvalue weighted by Crippen LogP contribution is 2.37. The van der Waals surface area contributed by atoms with Gasteiger partial charge in [0.25, 0.3) is 20.1 Å². The molecule has 0 aliphatic carbocycles. The average Bonchev–Trinajstić information content (AvgIpc) is 3.64. The van der Waals surface area contributed by atoms with Gasteiger partial charge in [0.05, 0.1) is 24.3 Å². The minimum atomic E-state index is -2.09. The highest BCUT2D eigenvalue weighted by molar-refractivity contribution is 6.74. The fraction of sp³-hybridized carbons (Fsp3) is 0.344. The number of anilines is 1. The topological polar surface area (TPSA) is 130 Å². The summed E-state index contributed by atoms with van der Waals surface area (Å²) in [6.07, 6.45) is 6.49. The molecule has 0 bridgehead atoms. The third-order valence-corrected chi connectivity index (χ3v) is 12.5. The molecule has 0 radical (unpaired) electrons. The van der Waals surface area contributed by atoms with Crippen molar-refractivity contribution >= 4 is 31.9 Å². The maximum atomic E-state index is 13.5. The number of halogens is 1. The second-order valence-corrected chi connectivity index (χ2v) is 17.3. The van der Waals surface area contributed by atoms with E-state index in [-0.39, 0.29) is 24.1 Å². The third-order valence-electron chi connectivity index (χ3n) is 8.12. The van der Waals surface area contributed by atoms with Crippen LogP contribution in [0.3, 0.4) is 0 Å². The summed E-state index contributed by atoms with van der Waals surface area (Å²) in [5.74, 6) is 0.107. The van der Waals surface area contributed by atoms with Gasteiger partial charge in [-0.05, 0) is 53.5 Å². The van der Waals surface area contributed by atoms with Gasteiger partial charge in [-0.1, -0.05) is 32.9 Å². The molecule has 0 saturated carbocycles. The first-order chi connectivity index (χ1) is 21.7. The van der Waals surface area contributed by atoms with Crippen LogP contribution in [0.25, 0.3) is 0 Å². The van der Waals surface area contributed by atoms with Crippen LogP contribution in [0.15, 0.2) is 67.3 Å². The van der Waals surface area contributed by atoms with Gasteiger partial charge in [0.1, 0.15) is 35.7 Å². The molecule has 0 fully saturated rings. The molecule has 5 rings (SSSR count). The molecule has 2 amide bonds. The number of carbonyl (C=O) groups excluding carboxylic acids is 3. The number of hydrogen-bond acceptors (Lipinski definition) is 8. The van der Waals surface area contributed by atoms with Crippen LogP contribution < -0.4 is 24.1 Å². The lowest BCUT2D eigenvalue weighted by molar-refractivity contribution is -0.120. The summed E-state index contributed by atoms with van der Waals surface area (Å²) in [7, 11) is -0.534. The van der Waals surface area contributed by atoms with E-state index in [0.717, 1.165) is 10.2 Å². The Balaban J connectivity index is 1.18. The van der Waals surface area contributed by atoms with Gasteiger partial charge in [-0.3, -0.25) is 9.59 Å². The number of ether oxygens (including phenoxy) is 2. The Morgan fingerprint density at radius 2 is 1.80 bits per heavy atom. The van der Waals surface area contributed by atoms with Crippen LogP contribution in [0.4, 0.5) is 14.9 Å². The maximum Gasteiger partial charge on any atom is 0.342 e. The van der Waals surface area contributed by atoms with Crippen molar-refractivity contribution < 1.29 is 32.7 Å². The Hall–Kier alpha value is -4.98. The predicted octanol–water partition coefficient (Wildman–Crippen LogP) is 4.89. The van der Waals surface area contributed by atoms with Gasteiger partial charge in [-0.2, -0.15) is 14.9 Å². The number of aromatic nitrogens is 4. The molecule has 12 nitrogen and oxygen atoms in total. The molecule has 1 aliphatic heterocycles. The summed E-state index contributed by atoms with van der Waals surface area (Å²) in [4.78, 5) is 40.4. The normalized spacial score (nSPS) is 15.1. The van der Waals surface area contributed by atoms with Gasteiger partial charge in [0, 0.05) is 25.7 Å². The van der Waals surface area contributed by atoms with Crippen LogP contribution in [0.2, 0.25) is 18.1 Å². The lowest BCUT2D eigenvalue weighted by Gasteiger charge is -2.35. The monoisotopic (exact) mass is 648 g/mol. The van der Waals surface area contributed by atoms with Gasteiger partial charge in [0.2, 0.25) is 0 Å². The SMILES string of the molecule is CN1C(=O)C(NC(=O)n2cc(Cc3cccc(F)c3)cn2)COc2ccc(OCC(=O)n3cc(O[Si](C)(C)C(C)(C)C)cn3)cc21. The second-order valence-electron chi connectivity index (χ2n) is 12.6. The summed E-state index contributed by atoms with van der Waals surface area (Å²) in [5, 5.41) is 10.9. The van der Waals surface area contributed by atoms with Crippen molar-refractivity contribution in [2.24, 2.45) is 0 Å². The van der Waals surface area contributed by atoms with Crippen molar-refractivity contribution in [2.75, 3.05) is 25.2 Å². The van der Waals surface area contributed by atoms with E-state index < -0.39 is 32.2 Å². The zero-order valence-electron chi connectivity index (χ0n) is 26.6. The molecule has 14 heteroatoms. The zero-order chi connectivity index (χ0) is 33.2. The highest BCUT2D eigenvalue weighted by Gasteiger charge is 2.39. The van der Waals surface area contributed by atoms with Gasteiger partial charge < -0.3 is 24.1 Å². The van der Waals surface area contributed by atoms with E-state index in [1.165, 1.54) is 40.3 Å². The van der Waals surface area contributed by atoms with E-state index in [0.29, 0.717) is 34.9 Å². The number of likely N-dealkylation sites (N-methyl/N-ethyl adjacent to an activating group) is 1. The summed E-state index contributed by atoms with van der Waals surface area (Å²) >= 11 is 0. The summed E-state index contributed by atoms with van der Waals surface area (Å²) < 4.78 is 33.6. The number of hydrogen-bond donors (Lipinski definition) is 1. The minimum absolute atomic E-state index is 0.00635. The number of nitrogens with zero attached hydrogens (tertiary/aromatic N) is 5. The Morgan fingerprint density at radius 1 is 1.04 bits per heavy atom. The molecule has 1 N–H and O–H groups in total. The van der Waals surface area contributed by atoms with Crippen LogP contribution >= 0.6 is 0 Å². The number of carbonyl (C=O) groups is 3. The molecule has 242 valence electrons. The Labute approximate surface area is 267 Å². The standard InChI is InChI=1S/C32H37FN6O6Si/c1-32(2,3)46(5,6)45-25-16-35-38(18-25)29(40)20-43-24-10-11-28-27(14-24)37(4)30(41)26(19-44-28)36-31(42)39-17-22(15-34-39)12-21-8-7-9-23(33)13-21/h7-11,13-18,26H,12,19-20H2,1-6H3,(H,36,42). The second kappa shape index (κ2) is 12.8. The molecule has 0 spiro atoms. The lowest BCUT2D eigenvalue weighted by atomic mass is 10.1. The molecule has 0 saturated heterocycles. The summed E-state index contributed by atoms with van der Waals surface area (Å²) in [5.41, 5.74) is 1.85. The maximum absolute atomic E-state index is 13.5. The minimum Gasteiger partial charge on any atom is -0.541 e. The van der Waals surface area contributed by atoms with E-state index in [4.69, 9.17) is 13.9 Å². The Morgan fingerprint density at radius 3 is 2.54 bits per heavy atom. The quantitative estimate of drug-likeness (QED) is 0.267. The first kappa shape index (κ1) is 32.4. The van der Waals surface area contributed by atoms with Crippen LogP contribution in [-0.2, 0) is 11.2 Å². The smallest absolute Gasteiger partial charge is 0.342 e. The van der Waals surface area contributed by atoms with Crippen molar-refractivity contribution in [1.29, 1.82) is 0 Å². The molecular formula is C32H37FN6O6Si. The Kier molecular flexibility index (Phi) is 9.01. The summed E-state index contributed by atoms with van der Waals surface area (Å²) in [6.45, 7) is 10.2. The van der Waals surface area contributed by atoms with Gasteiger partial charge >= 0.3 is 6.03 Å². The molecule has 1 unspecified atom stereocenters. The van der Waals surface area contributed by atoms with E-state index >= 15 is 0 Å². The van der Waals surface area contributed by atoms with E-state index in [2.05, 4.69) is 49.4 Å². The van der Waals surface area contributed by atoms with Crippen molar-refractivity contribution in [2.45, 2.75) is 51.4 Å². The van der Waals surface area contributed by atoms with Gasteiger partial charge in [-0.15, -0.1) is 0 Å². The molecule has 2 aromatic carbocycles. The molecule has 1 atom stereocenters. The zero-order valence-corrected chi connectivity index (χ0v) is 27.6. The largest absolute Gasteiger partial charge is 0.541 e. The first-order valence-electron chi connectivity index (χ1n) is 14.7. The molecular weight excluding hydrogens is 611 g/mol. The van der Waals surface area contributed by atoms with Crippen LogP contribution in [0.1, 0.15) is 36.7 Å². The molecule has 46 heavy (non-hydrogen) atoms. The van der Waals surface area contributed by atoms with Crippen molar-refractivity contribution in [1.82, 2.24) is 24.9 Å². The average molecular weight is 649 g/mol. The van der Waals surface area contributed by atoms with Crippen molar-refractivity contribution in [3.8, 4) is 17.2 Å². The predicted molar refractivity (Wildman–Crippen MR) is 171 cm³/mol. The van der Waals surface area contributed by atoms with Gasteiger partial charge in [0.15, 0.2) is 6.61 Å². The number of fused-ring (bicyclic) bond motifs is 1. The number of benzene rings is 2. The fourth-order valence-corrected chi connectivity index (χ4v) is 5.49. The van der Waals surface area contributed by atoms with Crippen LogP contribution in [0.5, 0.6) is 17.2 Å². The molecule has 4 aromatic rings. The van der Waals surface area contributed by atoms with E-state index in [1.54, 1.807) is 43.6 Å². The molecule has 1 aliphatic rings. The van der Waals surface area contributed by atoms with Crippen LogP contribution in [-0.4, -0.2) is 72.0 Å². The fourth-order valence-electron chi connectivity index (χ4n) is 4.49. The number of amides is 2. The van der Waals surface area contributed by atoms with Crippen molar-refractivity contribution in [3.63, 3.8) is 0 Å². The first-order valence-corrected chi connectivity index (χ1v) is 17.6. The van der Waals surface area contributed by atoms with Crippen LogP contribution in [0, 0.1) is 5.82 Å². The number of rotatable bonds is 8. The van der Waals surface area contributed by atoms with Crippen molar-refractivity contribution in [3.05, 3.63) is 84.2 Å². The third kappa shape index (κ3) is 7.28. The Bertz CT molecular complexity index is 1760. The number of nitrogens with one attached hydrogen (secondary N) is 1.